The van der Waals surface area contributed by atoms with Gasteiger partial charge in [0.25, 0.3) is 0 Å². The lowest BCUT2D eigenvalue weighted by Crippen LogP contribution is -2.34. The Labute approximate surface area is 102 Å². The Bertz CT molecular complexity index is 342. The topological polar surface area (TPSA) is 58.6 Å². The van der Waals surface area contributed by atoms with Crippen LogP contribution < -0.4 is 5.32 Å². The van der Waals surface area contributed by atoms with Gasteiger partial charge >= 0.3 is 6.09 Å². The minimum atomic E-state index is -0.497. The first kappa shape index (κ1) is 13.5. The highest BCUT2D eigenvalue weighted by Crippen LogP contribution is 2.10. The van der Waals surface area contributed by atoms with E-state index < -0.39 is 5.60 Å². The number of likely N-dealkylation sites (N-methyl/N-ethyl adjacent to an activating group) is 1. The standard InChI is InChI=1S/C12H20N2O3/c1-12(2,3)17-11(16)14(4)8-6-9-5-7-13-10(9)15/h6H,5,7-8H2,1-4H3,(H,13,15)/b9-6+. The molecule has 0 unspecified atom stereocenters. The molecule has 1 fully saturated rings. The Morgan fingerprint density at radius 2 is 2.18 bits per heavy atom. The largest absolute Gasteiger partial charge is 0.444 e. The summed E-state index contributed by atoms with van der Waals surface area (Å²) in [5.41, 5.74) is 0.240. The van der Waals surface area contributed by atoms with Crippen molar-refractivity contribution in [1.29, 1.82) is 0 Å². The fourth-order valence-corrected chi connectivity index (χ4v) is 1.39. The molecular formula is C12H20N2O3. The first-order valence-corrected chi connectivity index (χ1v) is 5.71. The monoisotopic (exact) mass is 240 g/mol. The zero-order chi connectivity index (χ0) is 13.1. The summed E-state index contributed by atoms with van der Waals surface area (Å²) in [4.78, 5) is 24.3. The summed E-state index contributed by atoms with van der Waals surface area (Å²) < 4.78 is 5.20. The van der Waals surface area contributed by atoms with Crippen LogP contribution in [0, 0.1) is 0 Å². The van der Waals surface area contributed by atoms with E-state index in [1.165, 1.54) is 4.90 Å². The van der Waals surface area contributed by atoms with Crippen molar-refractivity contribution in [3.05, 3.63) is 11.6 Å². The molecule has 1 N–H and O–H groups in total. The number of carbonyl (C=O) groups is 2. The molecule has 0 aromatic heterocycles. The van der Waals surface area contributed by atoms with Gasteiger partial charge in [0.05, 0.1) is 0 Å². The Balaban J connectivity index is 2.46. The molecule has 1 rings (SSSR count). The van der Waals surface area contributed by atoms with E-state index in [2.05, 4.69) is 5.32 Å². The van der Waals surface area contributed by atoms with E-state index in [1.54, 1.807) is 13.1 Å². The molecule has 0 aliphatic carbocycles. The van der Waals surface area contributed by atoms with Crippen LogP contribution in [0.25, 0.3) is 0 Å². The van der Waals surface area contributed by atoms with Crippen LogP contribution in [-0.4, -0.2) is 42.6 Å². The second-order valence-corrected chi connectivity index (χ2v) is 5.10. The molecule has 5 nitrogen and oxygen atoms in total. The van der Waals surface area contributed by atoms with E-state index in [0.29, 0.717) is 13.1 Å². The lowest BCUT2D eigenvalue weighted by molar-refractivity contribution is -0.116. The van der Waals surface area contributed by atoms with Gasteiger partial charge in [-0.25, -0.2) is 4.79 Å². The average molecular weight is 240 g/mol. The fourth-order valence-electron chi connectivity index (χ4n) is 1.39. The van der Waals surface area contributed by atoms with Crippen LogP contribution in [0.15, 0.2) is 11.6 Å². The highest BCUT2D eigenvalue weighted by atomic mass is 16.6. The molecule has 2 amide bonds. The van der Waals surface area contributed by atoms with Gasteiger partial charge in [-0.05, 0) is 27.2 Å². The first-order chi connectivity index (χ1) is 7.79. The van der Waals surface area contributed by atoms with Gasteiger partial charge in [0.1, 0.15) is 5.60 Å². The maximum atomic E-state index is 11.6. The Hall–Kier alpha value is -1.52. The smallest absolute Gasteiger partial charge is 0.410 e. The molecule has 5 heteroatoms. The number of hydrogen-bond acceptors (Lipinski definition) is 3. The van der Waals surface area contributed by atoms with Crippen molar-refractivity contribution in [2.75, 3.05) is 20.1 Å². The number of ether oxygens (including phenoxy) is 1. The normalized spacial score (nSPS) is 18.1. The number of carbonyl (C=O) groups excluding carboxylic acids is 2. The summed E-state index contributed by atoms with van der Waals surface area (Å²) in [6.45, 7) is 6.53. The zero-order valence-electron chi connectivity index (χ0n) is 10.9. The molecule has 0 saturated carbocycles. The van der Waals surface area contributed by atoms with Crippen LogP contribution in [0.5, 0.6) is 0 Å². The molecule has 0 atom stereocenters. The highest BCUT2D eigenvalue weighted by Gasteiger charge is 2.20. The van der Waals surface area contributed by atoms with Crippen LogP contribution in [0.4, 0.5) is 4.79 Å². The molecule has 0 aromatic carbocycles. The summed E-state index contributed by atoms with van der Waals surface area (Å²) >= 11 is 0. The van der Waals surface area contributed by atoms with E-state index >= 15 is 0 Å². The first-order valence-electron chi connectivity index (χ1n) is 5.71. The van der Waals surface area contributed by atoms with Crippen LogP contribution in [0.3, 0.4) is 0 Å². The van der Waals surface area contributed by atoms with E-state index in [4.69, 9.17) is 4.74 Å². The van der Waals surface area contributed by atoms with Crippen molar-refractivity contribution in [3.8, 4) is 0 Å². The van der Waals surface area contributed by atoms with Crippen molar-refractivity contribution >= 4 is 12.0 Å². The molecule has 0 radical (unpaired) electrons. The van der Waals surface area contributed by atoms with Crippen LogP contribution in [0.1, 0.15) is 27.2 Å². The van der Waals surface area contributed by atoms with E-state index in [9.17, 15) is 9.59 Å². The van der Waals surface area contributed by atoms with Gasteiger partial charge in [-0.15, -0.1) is 0 Å². The number of rotatable bonds is 2. The van der Waals surface area contributed by atoms with Crippen LogP contribution in [0.2, 0.25) is 0 Å². The summed E-state index contributed by atoms with van der Waals surface area (Å²) in [5, 5.41) is 2.72. The van der Waals surface area contributed by atoms with E-state index in [0.717, 1.165) is 12.0 Å². The Morgan fingerprint density at radius 3 is 2.65 bits per heavy atom. The summed E-state index contributed by atoms with van der Waals surface area (Å²) in [6.07, 6.45) is 2.11. The predicted molar refractivity (Wildman–Crippen MR) is 64.6 cm³/mol. The van der Waals surface area contributed by atoms with Gasteiger partial charge in [-0.1, -0.05) is 6.08 Å². The molecular weight excluding hydrogens is 220 g/mol. The van der Waals surface area contributed by atoms with Gasteiger partial charge in [0.15, 0.2) is 0 Å². The van der Waals surface area contributed by atoms with E-state index in [-0.39, 0.29) is 12.0 Å². The van der Waals surface area contributed by atoms with Crippen molar-refractivity contribution in [2.45, 2.75) is 32.8 Å². The van der Waals surface area contributed by atoms with E-state index in [1.807, 2.05) is 20.8 Å². The predicted octanol–water partition coefficient (Wildman–Crippen LogP) is 1.30. The lowest BCUT2D eigenvalue weighted by Gasteiger charge is -2.23. The molecule has 0 aromatic rings. The van der Waals surface area contributed by atoms with Gasteiger partial charge in [0.2, 0.25) is 5.91 Å². The molecule has 1 saturated heterocycles. The number of nitrogens with zero attached hydrogens (tertiary/aromatic N) is 1. The fraction of sp³-hybridized carbons (Fsp3) is 0.667. The van der Waals surface area contributed by atoms with Crippen molar-refractivity contribution < 1.29 is 14.3 Å². The maximum absolute atomic E-state index is 11.6. The van der Waals surface area contributed by atoms with Crippen molar-refractivity contribution in [3.63, 3.8) is 0 Å². The minimum absolute atomic E-state index is 0.0393. The maximum Gasteiger partial charge on any atom is 0.410 e. The Morgan fingerprint density at radius 1 is 1.53 bits per heavy atom. The van der Waals surface area contributed by atoms with Crippen molar-refractivity contribution in [1.82, 2.24) is 10.2 Å². The van der Waals surface area contributed by atoms with Crippen molar-refractivity contribution in [2.24, 2.45) is 0 Å². The molecule has 17 heavy (non-hydrogen) atoms. The van der Waals surface area contributed by atoms with Gasteiger partial charge < -0.3 is 15.0 Å². The SMILES string of the molecule is CN(C/C=C1\CCNC1=O)C(=O)OC(C)(C)C. The molecule has 1 aliphatic rings. The van der Waals surface area contributed by atoms with Gasteiger partial charge in [-0.3, -0.25) is 4.79 Å². The number of hydrogen-bond donors (Lipinski definition) is 1. The third kappa shape index (κ3) is 4.46. The number of amides is 2. The van der Waals surface area contributed by atoms with Crippen LogP contribution in [-0.2, 0) is 9.53 Å². The number of nitrogens with one attached hydrogen (secondary N) is 1. The lowest BCUT2D eigenvalue weighted by atomic mass is 10.2. The molecule has 1 aliphatic heterocycles. The third-order valence-corrected chi connectivity index (χ3v) is 2.29. The third-order valence-electron chi connectivity index (χ3n) is 2.29. The second kappa shape index (κ2) is 5.21. The molecule has 0 bridgehead atoms. The summed E-state index contributed by atoms with van der Waals surface area (Å²) in [6, 6.07) is 0. The zero-order valence-corrected chi connectivity index (χ0v) is 10.9. The van der Waals surface area contributed by atoms with Crippen LogP contribution >= 0.6 is 0 Å². The molecule has 0 spiro atoms. The van der Waals surface area contributed by atoms with Gasteiger partial charge in [0, 0.05) is 25.7 Å². The summed E-state index contributed by atoms with van der Waals surface area (Å²) in [7, 11) is 1.65. The minimum Gasteiger partial charge on any atom is -0.444 e. The molecule has 1 heterocycles. The highest BCUT2D eigenvalue weighted by molar-refractivity contribution is 5.95. The molecule has 96 valence electrons. The quantitative estimate of drug-likeness (QED) is 0.740. The average Bonchev–Trinajstić information content (AvgIpc) is 2.57. The van der Waals surface area contributed by atoms with Gasteiger partial charge in [-0.2, -0.15) is 0 Å². The Kier molecular flexibility index (Phi) is 4.15. The summed E-state index contributed by atoms with van der Waals surface area (Å²) in [5.74, 6) is -0.0393. The second-order valence-electron chi connectivity index (χ2n) is 5.10.